The number of hydrogen-bond donors (Lipinski definition) is 2. The standard InChI is InChI=1S/C35H31N7O3S/c1-40(2)29-12-5-3-8-23(29)19-42-20-24(18-36-42)25-14-15-31(38-32(25)34(44)45)41-17-16-22-9-7-10-26(27(22)21-41)33(43)39-35-37-28-11-4-6-13-30(28)46-35/h3-15,18,20H,16-17,19,21H2,1-2H3,(H,44,45)(H,37,39,43). The van der Waals surface area contributed by atoms with Crippen molar-refractivity contribution in [3.63, 3.8) is 0 Å². The number of carbonyl (C=O) groups excluding carboxylic acids is 1. The number of carbonyl (C=O) groups is 2. The fraction of sp³-hybridized carbons (Fsp3) is 0.171. The molecule has 0 unspecified atom stereocenters. The van der Waals surface area contributed by atoms with Crippen LogP contribution >= 0.6 is 11.3 Å². The number of amides is 1. The van der Waals surface area contributed by atoms with Crippen molar-refractivity contribution < 1.29 is 14.7 Å². The lowest BCUT2D eigenvalue weighted by Gasteiger charge is -2.31. The Hall–Kier alpha value is -5.55. The SMILES string of the molecule is CN(C)c1ccccc1Cn1cc(-c2ccc(N3CCc4cccc(C(=O)Nc5nc6ccccc6s5)c4C3)nc2C(=O)O)cn1. The van der Waals surface area contributed by atoms with Gasteiger partial charge >= 0.3 is 5.97 Å². The lowest BCUT2D eigenvalue weighted by molar-refractivity contribution is 0.0691. The number of carboxylic acid groups (broad SMARTS) is 1. The fourth-order valence-electron chi connectivity index (χ4n) is 5.94. The molecule has 4 heterocycles. The van der Waals surface area contributed by atoms with Gasteiger partial charge in [-0.3, -0.25) is 14.8 Å². The van der Waals surface area contributed by atoms with Crippen molar-refractivity contribution in [3.05, 3.63) is 119 Å². The summed E-state index contributed by atoms with van der Waals surface area (Å²) in [5.41, 5.74) is 6.73. The fourth-order valence-corrected chi connectivity index (χ4v) is 6.81. The second-order valence-electron chi connectivity index (χ2n) is 11.4. The van der Waals surface area contributed by atoms with E-state index in [1.165, 1.54) is 11.3 Å². The molecule has 0 aliphatic carbocycles. The van der Waals surface area contributed by atoms with Gasteiger partial charge in [-0.1, -0.05) is 53.8 Å². The van der Waals surface area contributed by atoms with Crippen molar-refractivity contribution in [2.75, 3.05) is 35.8 Å². The van der Waals surface area contributed by atoms with Gasteiger partial charge in [0.15, 0.2) is 10.8 Å². The third-order valence-corrected chi connectivity index (χ3v) is 9.14. The Labute approximate surface area is 269 Å². The molecule has 0 fully saturated rings. The summed E-state index contributed by atoms with van der Waals surface area (Å²) in [5.74, 6) is -0.797. The van der Waals surface area contributed by atoms with E-state index >= 15 is 0 Å². The number of pyridine rings is 1. The van der Waals surface area contributed by atoms with Crippen LogP contribution in [0.3, 0.4) is 0 Å². The Kier molecular flexibility index (Phi) is 7.67. The molecule has 11 heteroatoms. The molecule has 0 saturated carbocycles. The molecule has 1 amide bonds. The number of carboxylic acids is 1. The lowest BCUT2D eigenvalue weighted by atomic mass is 9.94. The van der Waals surface area contributed by atoms with Crippen molar-refractivity contribution >= 4 is 50.1 Å². The Morgan fingerprint density at radius 3 is 2.63 bits per heavy atom. The zero-order valence-electron chi connectivity index (χ0n) is 25.3. The van der Waals surface area contributed by atoms with Crippen LogP contribution in [0, 0.1) is 0 Å². The maximum absolute atomic E-state index is 13.5. The van der Waals surface area contributed by atoms with Gasteiger partial charge in [0.2, 0.25) is 0 Å². The minimum Gasteiger partial charge on any atom is -0.476 e. The van der Waals surface area contributed by atoms with Crippen LogP contribution in [0.5, 0.6) is 0 Å². The van der Waals surface area contributed by atoms with Gasteiger partial charge in [-0.05, 0) is 59.5 Å². The first kappa shape index (κ1) is 29.2. The topological polar surface area (TPSA) is 116 Å². The molecule has 0 saturated heterocycles. The van der Waals surface area contributed by atoms with E-state index in [1.807, 2.05) is 85.9 Å². The van der Waals surface area contributed by atoms with Gasteiger partial charge in [-0.15, -0.1) is 0 Å². The van der Waals surface area contributed by atoms with E-state index in [9.17, 15) is 14.7 Å². The summed E-state index contributed by atoms with van der Waals surface area (Å²) < 4.78 is 2.81. The predicted octanol–water partition coefficient (Wildman–Crippen LogP) is 6.18. The van der Waals surface area contributed by atoms with Gasteiger partial charge in [-0.25, -0.2) is 14.8 Å². The Morgan fingerprint density at radius 1 is 0.978 bits per heavy atom. The van der Waals surface area contributed by atoms with Gasteiger partial charge in [0.25, 0.3) is 5.91 Å². The Morgan fingerprint density at radius 2 is 1.80 bits per heavy atom. The van der Waals surface area contributed by atoms with Gasteiger partial charge in [-0.2, -0.15) is 5.10 Å². The highest BCUT2D eigenvalue weighted by molar-refractivity contribution is 7.22. The van der Waals surface area contributed by atoms with Crippen molar-refractivity contribution in [2.45, 2.75) is 19.5 Å². The van der Waals surface area contributed by atoms with Crippen LogP contribution in [-0.4, -0.2) is 57.4 Å². The molecular weight excluding hydrogens is 598 g/mol. The van der Waals surface area contributed by atoms with E-state index in [0.29, 0.717) is 53.7 Å². The summed E-state index contributed by atoms with van der Waals surface area (Å²) in [6.45, 7) is 1.61. The van der Waals surface area contributed by atoms with Crippen LogP contribution in [0.2, 0.25) is 0 Å². The molecule has 3 aromatic carbocycles. The van der Waals surface area contributed by atoms with Crippen LogP contribution in [0.4, 0.5) is 16.6 Å². The maximum atomic E-state index is 13.5. The summed E-state index contributed by atoms with van der Waals surface area (Å²) >= 11 is 1.44. The van der Waals surface area contributed by atoms with Gasteiger partial charge in [0.05, 0.1) is 23.0 Å². The smallest absolute Gasteiger partial charge is 0.355 e. The van der Waals surface area contributed by atoms with Gasteiger partial charge in [0, 0.05) is 55.8 Å². The molecule has 46 heavy (non-hydrogen) atoms. The van der Waals surface area contributed by atoms with Crippen LogP contribution in [0.25, 0.3) is 21.3 Å². The van der Waals surface area contributed by atoms with Crippen LogP contribution in [-0.2, 0) is 19.5 Å². The first-order chi connectivity index (χ1) is 22.3. The second-order valence-corrected chi connectivity index (χ2v) is 12.4. The first-order valence-corrected chi connectivity index (χ1v) is 15.7. The highest BCUT2D eigenvalue weighted by atomic mass is 32.1. The maximum Gasteiger partial charge on any atom is 0.355 e. The molecule has 0 bridgehead atoms. The highest BCUT2D eigenvalue weighted by Gasteiger charge is 2.25. The van der Waals surface area contributed by atoms with E-state index in [0.717, 1.165) is 32.6 Å². The number of hydrogen-bond acceptors (Lipinski definition) is 8. The molecule has 3 aromatic heterocycles. The van der Waals surface area contributed by atoms with Crippen molar-refractivity contribution in [2.24, 2.45) is 0 Å². The molecular formula is C35H31N7O3S. The molecule has 2 N–H and O–H groups in total. The van der Waals surface area contributed by atoms with Crippen molar-refractivity contribution in [1.82, 2.24) is 19.7 Å². The van der Waals surface area contributed by atoms with Crippen LogP contribution in [0.1, 0.15) is 37.5 Å². The van der Waals surface area contributed by atoms with E-state index in [4.69, 9.17) is 0 Å². The average Bonchev–Trinajstić information content (AvgIpc) is 3.70. The van der Waals surface area contributed by atoms with Crippen LogP contribution in [0.15, 0.2) is 91.3 Å². The minimum absolute atomic E-state index is 0.0431. The zero-order chi connectivity index (χ0) is 31.8. The summed E-state index contributed by atoms with van der Waals surface area (Å²) in [7, 11) is 4.00. The predicted molar refractivity (Wildman–Crippen MR) is 181 cm³/mol. The van der Waals surface area contributed by atoms with Crippen LogP contribution < -0.4 is 15.1 Å². The molecule has 7 rings (SSSR count). The van der Waals surface area contributed by atoms with Gasteiger partial charge < -0.3 is 14.9 Å². The average molecular weight is 630 g/mol. The lowest BCUT2D eigenvalue weighted by Crippen LogP contribution is -2.33. The number of para-hydroxylation sites is 2. The number of aromatic carboxylic acids is 1. The molecule has 1 aliphatic rings. The van der Waals surface area contributed by atoms with E-state index in [2.05, 4.69) is 37.4 Å². The largest absolute Gasteiger partial charge is 0.476 e. The number of rotatable bonds is 8. The molecule has 230 valence electrons. The zero-order valence-corrected chi connectivity index (χ0v) is 26.2. The summed E-state index contributed by atoms with van der Waals surface area (Å²) in [4.78, 5) is 39.2. The van der Waals surface area contributed by atoms with E-state index in [1.54, 1.807) is 16.9 Å². The monoisotopic (exact) mass is 629 g/mol. The normalized spacial score (nSPS) is 12.6. The Balaban J connectivity index is 1.13. The molecule has 0 atom stereocenters. The molecule has 10 nitrogen and oxygen atoms in total. The number of benzene rings is 3. The molecule has 0 radical (unpaired) electrons. The molecule has 1 aliphatic heterocycles. The summed E-state index contributed by atoms with van der Waals surface area (Å²) in [6, 6.07) is 25.3. The third kappa shape index (κ3) is 5.68. The number of anilines is 3. The summed E-state index contributed by atoms with van der Waals surface area (Å²) in [5, 5.41) is 18.2. The quantitative estimate of drug-likeness (QED) is 0.205. The minimum atomic E-state index is -1.11. The van der Waals surface area contributed by atoms with E-state index < -0.39 is 5.97 Å². The van der Waals surface area contributed by atoms with E-state index in [-0.39, 0.29) is 11.6 Å². The third-order valence-electron chi connectivity index (χ3n) is 8.19. The molecule has 6 aromatic rings. The second kappa shape index (κ2) is 12.1. The molecule has 0 spiro atoms. The number of fused-ring (bicyclic) bond motifs is 2. The van der Waals surface area contributed by atoms with Crippen molar-refractivity contribution in [3.8, 4) is 11.1 Å². The highest BCUT2D eigenvalue weighted by Crippen LogP contribution is 2.31. The number of nitrogens with one attached hydrogen (secondary N) is 1. The number of nitrogens with zero attached hydrogens (tertiary/aromatic N) is 6. The Bertz CT molecular complexity index is 2070. The first-order valence-electron chi connectivity index (χ1n) is 14.9. The number of aromatic nitrogens is 4. The van der Waals surface area contributed by atoms with Gasteiger partial charge in [0.1, 0.15) is 5.82 Å². The van der Waals surface area contributed by atoms with Crippen molar-refractivity contribution in [1.29, 1.82) is 0 Å². The number of thiazole rings is 1. The summed E-state index contributed by atoms with van der Waals surface area (Å²) in [6.07, 6.45) is 4.22.